The van der Waals surface area contributed by atoms with Gasteiger partial charge in [0.25, 0.3) is 0 Å². The van der Waals surface area contributed by atoms with Gasteiger partial charge in [0, 0.05) is 12.7 Å². The molecule has 0 amide bonds. The van der Waals surface area contributed by atoms with Gasteiger partial charge in [-0.2, -0.15) is 0 Å². The Bertz CT molecular complexity index is 928. The zero-order valence-electron chi connectivity index (χ0n) is 17.5. The Hall–Kier alpha value is -2.32. The highest BCUT2D eigenvalue weighted by Gasteiger charge is 2.16. The smallest absolute Gasteiger partial charge is 0.231 e. The molecule has 0 aliphatic heterocycles. The van der Waals surface area contributed by atoms with Crippen molar-refractivity contribution >= 4 is 38.7 Å². The molecular formula is C21H29N3O3S2. The summed E-state index contributed by atoms with van der Waals surface area (Å²) in [6, 6.07) is 15.1. The van der Waals surface area contributed by atoms with Crippen molar-refractivity contribution in [1.82, 2.24) is 5.32 Å². The summed E-state index contributed by atoms with van der Waals surface area (Å²) in [6.45, 7) is 4.33. The monoisotopic (exact) mass is 435 g/mol. The third-order valence-electron chi connectivity index (χ3n) is 4.50. The Morgan fingerprint density at radius 3 is 2.38 bits per heavy atom. The second-order valence-corrected chi connectivity index (χ2v) is 9.76. The van der Waals surface area contributed by atoms with Gasteiger partial charge in [-0.1, -0.05) is 32.0 Å². The number of hydrogen-bond donors (Lipinski definition) is 2. The third-order valence-corrected chi connectivity index (χ3v) is 5.92. The van der Waals surface area contributed by atoms with Crippen LogP contribution in [0.25, 0.3) is 0 Å². The Morgan fingerprint density at radius 1 is 1.17 bits per heavy atom. The van der Waals surface area contributed by atoms with E-state index in [2.05, 4.69) is 24.5 Å². The van der Waals surface area contributed by atoms with Gasteiger partial charge in [0.1, 0.15) is 5.75 Å². The highest BCUT2D eigenvalue weighted by molar-refractivity contribution is 7.92. The minimum Gasteiger partial charge on any atom is -0.497 e. The molecule has 29 heavy (non-hydrogen) atoms. The first-order valence-electron chi connectivity index (χ1n) is 9.35. The number of rotatable bonds is 8. The average molecular weight is 436 g/mol. The first kappa shape index (κ1) is 23.0. The summed E-state index contributed by atoms with van der Waals surface area (Å²) in [5, 5.41) is 7.01. The van der Waals surface area contributed by atoms with Crippen LogP contribution in [0.3, 0.4) is 0 Å². The maximum atomic E-state index is 11.8. The van der Waals surface area contributed by atoms with E-state index in [1.165, 1.54) is 17.6 Å². The standard InChI is InChI=1S/C21H29N3O3S2/c1-15(2)13-20(16-9-11-19(27-4)12-10-16)23-21(28)22-17-7-6-8-18(14-17)24(3)29(5,25)26/h6-12,14-15,20H,13H2,1-5H3,(H2,22,23,28)/t20-/m0/s1. The number of sulfonamides is 1. The molecule has 8 heteroatoms. The molecule has 0 bridgehead atoms. The quantitative estimate of drug-likeness (QED) is 0.607. The van der Waals surface area contributed by atoms with Gasteiger partial charge >= 0.3 is 0 Å². The zero-order valence-corrected chi connectivity index (χ0v) is 19.1. The summed E-state index contributed by atoms with van der Waals surface area (Å²) in [5.41, 5.74) is 2.40. The van der Waals surface area contributed by atoms with Crippen LogP contribution in [0.2, 0.25) is 0 Å². The van der Waals surface area contributed by atoms with Crippen molar-refractivity contribution in [3.8, 4) is 5.75 Å². The largest absolute Gasteiger partial charge is 0.497 e. The molecule has 0 aliphatic rings. The molecule has 0 radical (unpaired) electrons. The van der Waals surface area contributed by atoms with Crippen LogP contribution in [-0.4, -0.2) is 33.9 Å². The van der Waals surface area contributed by atoms with Crippen LogP contribution in [0.15, 0.2) is 48.5 Å². The van der Waals surface area contributed by atoms with E-state index in [1.807, 2.05) is 30.3 Å². The van der Waals surface area contributed by atoms with E-state index in [4.69, 9.17) is 17.0 Å². The summed E-state index contributed by atoms with van der Waals surface area (Å²) in [7, 11) is -0.161. The van der Waals surface area contributed by atoms with Crippen LogP contribution in [0, 0.1) is 5.92 Å². The molecule has 0 aromatic heterocycles. The minimum absolute atomic E-state index is 0.0442. The van der Waals surface area contributed by atoms with Gasteiger partial charge in [-0.25, -0.2) is 8.42 Å². The van der Waals surface area contributed by atoms with Crippen molar-refractivity contribution in [3.05, 3.63) is 54.1 Å². The molecule has 0 saturated carbocycles. The number of anilines is 2. The number of ether oxygens (including phenoxy) is 1. The van der Waals surface area contributed by atoms with Crippen molar-refractivity contribution < 1.29 is 13.2 Å². The Labute approximate surface area is 179 Å². The summed E-state index contributed by atoms with van der Waals surface area (Å²) < 4.78 is 30.0. The molecule has 0 heterocycles. The van der Waals surface area contributed by atoms with Crippen LogP contribution in [0.4, 0.5) is 11.4 Å². The molecule has 0 saturated heterocycles. The lowest BCUT2D eigenvalue weighted by Crippen LogP contribution is -2.33. The second-order valence-electron chi connectivity index (χ2n) is 7.33. The van der Waals surface area contributed by atoms with Crippen LogP contribution in [0.1, 0.15) is 31.9 Å². The molecule has 0 unspecified atom stereocenters. The van der Waals surface area contributed by atoms with Crippen molar-refractivity contribution in [2.24, 2.45) is 5.92 Å². The van der Waals surface area contributed by atoms with Gasteiger partial charge in [0.05, 0.1) is 25.1 Å². The fourth-order valence-corrected chi connectivity index (χ4v) is 3.64. The predicted molar refractivity (Wildman–Crippen MR) is 124 cm³/mol. The summed E-state index contributed by atoms with van der Waals surface area (Å²) >= 11 is 5.52. The van der Waals surface area contributed by atoms with Crippen molar-refractivity contribution in [1.29, 1.82) is 0 Å². The lowest BCUT2D eigenvalue weighted by Gasteiger charge is -2.24. The zero-order chi connectivity index (χ0) is 21.6. The molecule has 2 N–H and O–H groups in total. The summed E-state index contributed by atoms with van der Waals surface area (Å²) in [4.78, 5) is 0. The van der Waals surface area contributed by atoms with Crippen LogP contribution in [-0.2, 0) is 10.0 Å². The van der Waals surface area contributed by atoms with Crippen molar-refractivity contribution in [3.63, 3.8) is 0 Å². The van der Waals surface area contributed by atoms with E-state index in [0.717, 1.165) is 17.7 Å². The van der Waals surface area contributed by atoms with E-state index in [0.29, 0.717) is 22.4 Å². The highest BCUT2D eigenvalue weighted by Crippen LogP contribution is 2.24. The molecule has 2 aromatic carbocycles. The van der Waals surface area contributed by atoms with Crippen LogP contribution < -0.4 is 19.7 Å². The number of thiocarbonyl (C=S) groups is 1. The van der Waals surface area contributed by atoms with E-state index in [-0.39, 0.29) is 6.04 Å². The SMILES string of the molecule is COc1ccc([C@H](CC(C)C)NC(=S)Nc2cccc(N(C)S(C)(=O)=O)c2)cc1. The molecule has 1 atom stereocenters. The van der Waals surface area contributed by atoms with Gasteiger partial charge < -0.3 is 15.4 Å². The fourth-order valence-electron chi connectivity index (χ4n) is 2.88. The topological polar surface area (TPSA) is 70.7 Å². The average Bonchev–Trinajstić information content (AvgIpc) is 2.66. The van der Waals surface area contributed by atoms with Crippen LogP contribution in [0.5, 0.6) is 5.75 Å². The minimum atomic E-state index is -3.33. The Morgan fingerprint density at radius 2 is 1.83 bits per heavy atom. The first-order valence-corrected chi connectivity index (χ1v) is 11.6. The van der Waals surface area contributed by atoms with Crippen LogP contribution >= 0.6 is 12.2 Å². The van der Waals surface area contributed by atoms with E-state index in [1.54, 1.807) is 25.3 Å². The normalized spacial score (nSPS) is 12.3. The molecule has 2 rings (SSSR count). The van der Waals surface area contributed by atoms with E-state index >= 15 is 0 Å². The Kier molecular flexibility index (Phi) is 7.87. The fraction of sp³-hybridized carbons (Fsp3) is 0.381. The number of nitrogens with one attached hydrogen (secondary N) is 2. The van der Waals surface area contributed by atoms with Gasteiger partial charge in [-0.15, -0.1) is 0 Å². The van der Waals surface area contributed by atoms with Gasteiger partial charge in [-0.05, 0) is 60.5 Å². The molecule has 158 valence electrons. The van der Waals surface area contributed by atoms with Crippen molar-refractivity contribution in [2.75, 3.05) is 30.0 Å². The predicted octanol–water partition coefficient (Wildman–Crippen LogP) is 4.16. The van der Waals surface area contributed by atoms with E-state index in [9.17, 15) is 8.42 Å². The lowest BCUT2D eigenvalue weighted by atomic mass is 9.97. The number of hydrogen-bond acceptors (Lipinski definition) is 4. The van der Waals surface area contributed by atoms with Gasteiger partial charge in [-0.3, -0.25) is 4.31 Å². The molecule has 0 aliphatic carbocycles. The number of benzene rings is 2. The molecule has 2 aromatic rings. The Balaban J connectivity index is 2.13. The highest BCUT2D eigenvalue weighted by atomic mass is 32.2. The number of nitrogens with zero attached hydrogens (tertiary/aromatic N) is 1. The van der Waals surface area contributed by atoms with Crippen molar-refractivity contribution in [2.45, 2.75) is 26.3 Å². The maximum Gasteiger partial charge on any atom is 0.231 e. The molecule has 6 nitrogen and oxygen atoms in total. The van der Waals surface area contributed by atoms with Gasteiger partial charge in [0.15, 0.2) is 5.11 Å². The maximum absolute atomic E-state index is 11.8. The summed E-state index contributed by atoms with van der Waals surface area (Å²) in [6.07, 6.45) is 2.08. The molecule has 0 fully saturated rings. The van der Waals surface area contributed by atoms with E-state index < -0.39 is 10.0 Å². The molecular weight excluding hydrogens is 406 g/mol. The third kappa shape index (κ3) is 6.90. The molecule has 0 spiro atoms. The second kappa shape index (κ2) is 9.93. The lowest BCUT2D eigenvalue weighted by molar-refractivity contribution is 0.414. The summed E-state index contributed by atoms with van der Waals surface area (Å²) in [5.74, 6) is 1.29. The first-order chi connectivity index (χ1) is 13.6. The van der Waals surface area contributed by atoms with Gasteiger partial charge in [0.2, 0.25) is 10.0 Å². The number of methoxy groups -OCH3 is 1.